The number of rotatable bonds is 17. The number of carbonyl (C=O) groups is 4. The molecular formula is C38H48Cl4N2O8. The third-order valence-electron chi connectivity index (χ3n) is 7.20. The van der Waals surface area contributed by atoms with E-state index in [0.29, 0.717) is 22.8 Å². The molecule has 0 aromatic heterocycles. The van der Waals surface area contributed by atoms with Gasteiger partial charge in [0.1, 0.15) is 36.1 Å². The molecule has 2 aromatic rings. The van der Waals surface area contributed by atoms with Crippen molar-refractivity contribution < 1.29 is 38.1 Å². The summed E-state index contributed by atoms with van der Waals surface area (Å²) in [5.41, 5.74) is 0.791. The second-order valence-corrected chi connectivity index (χ2v) is 16.5. The summed E-state index contributed by atoms with van der Waals surface area (Å²) < 4.78 is 19.9. The van der Waals surface area contributed by atoms with Gasteiger partial charge >= 0.3 is 18.0 Å². The number of halogens is 4. The summed E-state index contributed by atoms with van der Waals surface area (Å²) in [6.07, 6.45) is 5.54. The normalized spacial score (nSPS) is 14.4. The van der Waals surface area contributed by atoms with E-state index in [1.54, 1.807) is 39.0 Å². The Morgan fingerprint density at radius 2 is 1.58 bits per heavy atom. The van der Waals surface area contributed by atoms with Crippen LogP contribution in [0.25, 0.3) is 6.08 Å². The number of methoxy groups -OCH3 is 1. The molecule has 0 aliphatic carbocycles. The Hall–Kier alpha value is -3.44. The van der Waals surface area contributed by atoms with E-state index in [1.807, 2.05) is 63.3 Å². The van der Waals surface area contributed by atoms with Crippen LogP contribution in [0.15, 0.2) is 66.8 Å². The van der Waals surface area contributed by atoms with Gasteiger partial charge in [-0.15, -0.1) is 0 Å². The van der Waals surface area contributed by atoms with E-state index in [9.17, 15) is 19.2 Å². The molecule has 52 heavy (non-hydrogen) atoms. The van der Waals surface area contributed by atoms with Gasteiger partial charge in [-0.25, -0.2) is 14.4 Å². The first-order valence-corrected chi connectivity index (χ1v) is 18.2. The van der Waals surface area contributed by atoms with E-state index >= 15 is 0 Å². The van der Waals surface area contributed by atoms with Crippen molar-refractivity contribution in [2.45, 2.75) is 88.4 Å². The molecule has 0 aliphatic heterocycles. The fourth-order valence-electron chi connectivity index (χ4n) is 4.74. The van der Waals surface area contributed by atoms with Crippen molar-refractivity contribution in [1.29, 1.82) is 0 Å². The Kier molecular flexibility index (Phi) is 18.3. The SMILES string of the molecule is COc1ccc(C[C@@H](NC(=O)/C=C/C[C@H](OC(=O)[C@H](CC(C)C)NC(=O)OC(C)(C)C)[C@H](C)/C=C/c2ccccc2)C(=O)OCC(Cl)(Cl)Cl)cc1Cl. The standard InChI is InChI=1S/C38H48Cl4N2O8/c1-24(2)20-29(44-36(48)52-37(4,5)6)35(47)51-31(25(3)16-17-26-12-9-8-10-13-26)14-11-15-33(45)43-30(34(46)50-23-38(40,41)42)22-27-18-19-32(49-7)28(39)21-27/h8-13,15-19,21,24-25,29-31H,14,20,22-23H2,1-7H3,(H,43,45)(H,44,48)/b15-11+,17-16+/t25-,29+,30-,31+/m1/s1. The summed E-state index contributed by atoms with van der Waals surface area (Å²) in [6, 6.07) is 12.4. The van der Waals surface area contributed by atoms with Gasteiger partial charge in [-0.3, -0.25) is 4.79 Å². The van der Waals surface area contributed by atoms with Crippen molar-refractivity contribution in [3.63, 3.8) is 0 Å². The van der Waals surface area contributed by atoms with Crippen molar-refractivity contribution in [2.75, 3.05) is 13.7 Å². The average molecular weight is 803 g/mol. The fraction of sp³-hybridized carbons (Fsp3) is 0.474. The molecule has 0 fully saturated rings. The van der Waals surface area contributed by atoms with Crippen LogP contribution >= 0.6 is 46.4 Å². The number of alkyl carbamates (subject to hydrolysis) is 1. The molecule has 0 radical (unpaired) electrons. The summed E-state index contributed by atoms with van der Waals surface area (Å²) in [4.78, 5) is 52.3. The summed E-state index contributed by atoms with van der Waals surface area (Å²) in [5, 5.41) is 5.59. The highest BCUT2D eigenvalue weighted by atomic mass is 35.6. The molecule has 286 valence electrons. The molecule has 2 rings (SSSR count). The first-order valence-electron chi connectivity index (χ1n) is 16.7. The van der Waals surface area contributed by atoms with Crippen LogP contribution in [0.5, 0.6) is 5.75 Å². The van der Waals surface area contributed by atoms with Gasteiger partial charge in [-0.05, 0) is 62.4 Å². The van der Waals surface area contributed by atoms with Gasteiger partial charge in [-0.2, -0.15) is 0 Å². The maximum Gasteiger partial charge on any atom is 0.408 e. The highest BCUT2D eigenvalue weighted by Gasteiger charge is 2.30. The van der Waals surface area contributed by atoms with E-state index in [4.69, 9.17) is 65.4 Å². The topological polar surface area (TPSA) is 129 Å². The second-order valence-electron chi connectivity index (χ2n) is 13.5. The number of alkyl halides is 3. The summed E-state index contributed by atoms with van der Waals surface area (Å²) in [7, 11) is 1.47. The van der Waals surface area contributed by atoms with Gasteiger partial charge in [0.25, 0.3) is 0 Å². The van der Waals surface area contributed by atoms with Crippen LogP contribution in [-0.4, -0.2) is 65.2 Å². The van der Waals surface area contributed by atoms with E-state index in [2.05, 4.69) is 10.6 Å². The number of amides is 2. The zero-order valence-electron chi connectivity index (χ0n) is 30.4. The van der Waals surface area contributed by atoms with Crippen LogP contribution in [0.3, 0.4) is 0 Å². The maximum atomic E-state index is 13.5. The first kappa shape index (κ1) is 44.7. The zero-order valence-corrected chi connectivity index (χ0v) is 33.4. The number of benzene rings is 2. The van der Waals surface area contributed by atoms with Crippen molar-refractivity contribution >= 4 is 76.4 Å². The Bertz CT molecular complexity index is 1540. The second kappa shape index (κ2) is 21.3. The maximum absolute atomic E-state index is 13.5. The monoisotopic (exact) mass is 800 g/mol. The predicted octanol–water partition coefficient (Wildman–Crippen LogP) is 8.44. The van der Waals surface area contributed by atoms with E-state index < -0.39 is 58.1 Å². The van der Waals surface area contributed by atoms with Crippen LogP contribution in [0.4, 0.5) is 4.79 Å². The van der Waals surface area contributed by atoms with E-state index in [-0.39, 0.29) is 24.7 Å². The Labute approximate surface area is 326 Å². The smallest absolute Gasteiger partial charge is 0.408 e. The lowest BCUT2D eigenvalue weighted by molar-refractivity contribution is -0.153. The quantitative estimate of drug-likeness (QED) is 0.0706. The zero-order chi connectivity index (χ0) is 39.1. The number of hydrogen-bond acceptors (Lipinski definition) is 8. The van der Waals surface area contributed by atoms with E-state index in [1.165, 1.54) is 19.3 Å². The van der Waals surface area contributed by atoms with Gasteiger partial charge in [0, 0.05) is 18.8 Å². The molecule has 0 unspecified atom stereocenters. The van der Waals surface area contributed by atoms with Gasteiger partial charge in [0.05, 0.1) is 12.1 Å². The number of esters is 2. The number of nitrogens with one attached hydrogen (secondary N) is 2. The molecule has 0 bridgehead atoms. The fourth-order valence-corrected chi connectivity index (χ4v) is 5.18. The molecule has 14 heteroatoms. The minimum absolute atomic E-state index is 0.00538. The molecule has 0 heterocycles. The molecule has 0 aliphatic rings. The molecular weight excluding hydrogens is 754 g/mol. The lowest BCUT2D eigenvalue weighted by atomic mass is 9.99. The van der Waals surface area contributed by atoms with Crippen LogP contribution in [0.2, 0.25) is 5.02 Å². The van der Waals surface area contributed by atoms with Crippen molar-refractivity contribution in [2.24, 2.45) is 11.8 Å². The molecule has 0 saturated heterocycles. The Balaban J connectivity index is 2.29. The largest absolute Gasteiger partial charge is 0.495 e. The minimum Gasteiger partial charge on any atom is -0.495 e. The summed E-state index contributed by atoms with van der Waals surface area (Å²) in [5.74, 6) is -1.93. The van der Waals surface area contributed by atoms with Gasteiger partial charge < -0.3 is 29.6 Å². The van der Waals surface area contributed by atoms with Gasteiger partial charge in [0.15, 0.2) is 0 Å². The van der Waals surface area contributed by atoms with Crippen LogP contribution in [-0.2, 0) is 35.0 Å². The average Bonchev–Trinajstić information content (AvgIpc) is 3.04. The molecule has 0 saturated carbocycles. The van der Waals surface area contributed by atoms with Crippen LogP contribution < -0.4 is 15.4 Å². The third kappa shape index (κ3) is 17.9. The lowest BCUT2D eigenvalue weighted by Crippen LogP contribution is -2.46. The van der Waals surface area contributed by atoms with E-state index in [0.717, 1.165) is 5.56 Å². The molecule has 2 aromatic carbocycles. The Morgan fingerprint density at radius 3 is 2.15 bits per heavy atom. The highest BCUT2D eigenvalue weighted by Crippen LogP contribution is 2.27. The molecule has 10 nitrogen and oxygen atoms in total. The number of ether oxygens (including phenoxy) is 4. The molecule has 0 spiro atoms. The Morgan fingerprint density at radius 1 is 0.904 bits per heavy atom. The first-order chi connectivity index (χ1) is 24.3. The summed E-state index contributed by atoms with van der Waals surface area (Å²) >= 11 is 23.6. The van der Waals surface area contributed by atoms with Crippen LogP contribution in [0, 0.1) is 11.8 Å². The van der Waals surface area contributed by atoms with Crippen molar-refractivity contribution in [3.05, 3.63) is 82.9 Å². The highest BCUT2D eigenvalue weighted by molar-refractivity contribution is 6.67. The number of carbonyl (C=O) groups excluding carboxylic acids is 4. The minimum atomic E-state index is -1.86. The molecule has 4 atom stereocenters. The lowest BCUT2D eigenvalue weighted by Gasteiger charge is -2.27. The van der Waals surface area contributed by atoms with Gasteiger partial charge in [0.2, 0.25) is 9.70 Å². The van der Waals surface area contributed by atoms with Crippen molar-refractivity contribution in [1.82, 2.24) is 10.6 Å². The van der Waals surface area contributed by atoms with Crippen LogP contribution in [0.1, 0.15) is 65.5 Å². The number of hydrogen-bond donors (Lipinski definition) is 2. The molecule has 2 N–H and O–H groups in total. The predicted molar refractivity (Wildman–Crippen MR) is 206 cm³/mol. The third-order valence-corrected chi connectivity index (χ3v) is 7.82. The molecule has 2 amide bonds. The van der Waals surface area contributed by atoms with Crippen molar-refractivity contribution in [3.8, 4) is 5.75 Å². The van der Waals surface area contributed by atoms with Gasteiger partial charge in [-0.1, -0.05) is 122 Å². The summed E-state index contributed by atoms with van der Waals surface area (Å²) in [6.45, 7) is 10.4.